The Kier molecular flexibility index (Phi) is 3.20. The van der Waals surface area contributed by atoms with Crippen LogP contribution in [0, 0.1) is 0 Å². The van der Waals surface area contributed by atoms with Gasteiger partial charge in [-0.25, -0.2) is 0 Å². The molecule has 0 unspecified atom stereocenters. The van der Waals surface area contributed by atoms with Crippen LogP contribution in [0.5, 0.6) is 5.75 Å². The third-order valence-corrected chi connectivity index (χ3v) is 2.73. The third-order valence-electron chi connectivity index (χ3n) is 2.49. The summed E-state index contributed by atoms with van der Waals surface area (Å²) >= 11 is 5.85. The van der Waals surface area contributed by atoms with Crippen LogP contribution in [0.4, 0.5) is 0 Å². The van der Waals surface area contributed by atoms with Crippen LogP contribution in [-0.2, 0) is 0 Å². The maximum absolute atomic E-state index is 11.7. The second-order valence-corrected chi connectivity index (χ2v) is 4.16. The first kappa shape index (κ1) is 11.7. The van der Waals surface area contributed by atoms with Gasteiger partial charge in [0.2, 0.25) is 0 Å². The molecule has 0 saturated heterocycles. The van der Waals surface area contributed by atoms with Crippen molar-refractivity contribution in [3.8, 4) is 5.75 Å². The Morgan fingerprint density at radius 2 is 2.12 bits per heavy atom. The molecule has 0 saturated carbocycles. The molecular weight excluding hydrogens is 238 g/mol. The molecule has 0 spiro atoms. The van der Waals surface area contributed by atoms with Crippen molar-refractivity contribution in [3.05, 3.63) is 40.9 Å². The number of hydrogen-bond donors (Lipinski definition) is 2. The summed E-state index contributed by atoms with van der Waals surface area (Å²) in [5, 5.41) is 14.5. The molecule has 0 aromatic heterocycles. The van der Waals surface area contributed by atoms with E-state index >= 15 is 0 Å². The summed E-state index contributed by atoms with van der Waals surface area (Å²) in [7, 11) is 0. The Morgan fingerprint density at radius 3 is 2.82 bits per heavy atom. The van der Waals surface area contributed by atoms with E-state index in [1.54, 1.807) is 24.3 Å². The molecule has 3 nitrogen and oxygen atoms in total. The molecular formula is C13H12ClNO2. The van der Waals surface area contributed by atoms with E-state index < -0.39 is 0 Å². The molecule has 0 atom stereocenters. The molecule has 0 radical (unpaired) electrons. The molecule has 0 aliphatic carbocycles. The third kappa shape index (κ3) is 2.34. The highest BCUT2D eigenvalue weighted by Gasteiger charge is 2.09. The van der Waals surface area contributed by atoms with Gasteiger partial charge in [0.15, 0.2) is 0 Å². The van der Waals surface area contributed by atoms with E-state index in [2.05, 4.69) is 5.32 Å². The summed E-state index contributed by atoms with van der Waals surface area (Å²) in [6.45, 7) is 2.40. The van der Waals surface area contributed by atoms with Crippen molar-refractivity contribution < 1.29 is 9.90 Å². The van der Waals surface area contributed by atoms with Gasteiger partial charge >= 0.3 is 0 Å². The minimum absolute atomic E-state index is 0.0613. The lowest BCUT2D eigenvalue weighted by Crippen LogP contribution is -2.22. The number of aromatic hydroxyl groups is 1. The molecule has 0 bridgehead atoms. The number of fused-ring (bicyclic) bond motifs is 1. The summed E-state index contributed by atoms with van der Waals surface area (Å²) in [5.74, 6) is -0.133. The molecule has 4 heteroatoms. The van der Waals surface area contributed by atoms with E-state index in [1.807, 2.05) is 6.92 Å². The predicted octanol–water partition coefficient (Wildman–Crippen LogP) is 2.95. The standard InChI is InChI=1S/C13H12ClNO2/c1-2-15-13(17)9-5-8-3-4-10(14)7-11(8)12(16)6-9/h3-7,16H,2H2,1H3,(H,15,17). The zero-order valence-electron chi connectivity index (χ0n) is 9.33. The molecule has 0 aliphatic rings. The second kappa shape index (κ2) is 4.63. The zero-order chi connectivity index (χ0) is 12.4. The lowest BCUT2D eigenvalue weighted by atomic mass is 10.1. The van der Waals surface area contributed by atoms with E-state index in [0.717, 1.165) is 5.39 Å². The molecule has 2 N–H and O–H groups in total. The highest BCUT2D eigenvalue weighted by Crippen LogP contribution is 2.29. The van der Waals surface area contributed by atoms with Crippen molar-refractivity contribution in [2.45, 2.75) is 6.92 Å². The molecule has 2 aromatic carbocycles. The number of nitrogens with one attached hydrogen (secondary N) is 1. The number of phenolic OH excluding ortho intramolecular Hbond substituents is 1. The van der Waals surface area contributed by atoms with Crippen LogP contribution in [0.25, 0.3) is 10.8 Å². The van der Waals surface area contributed by atoms with Crippen LogP contribution >= 0.6 is 11.6 Å². The number of amides is 1. The zero-order valence-corrected chi connectivity index (χ0v) is 10.1. The number of rotatable bonds is 2. The average molecular weight is 250 g/mol. The Hall–Kier alpha value is -1.74. The van der Waals surface area contributed by atoms with Gasteiger partial charge in [-0.15, -0.1) is 0 Å². The molecule has 17 heavy (non-hydrogen) atoms. The van der Waals surface area contributed by atoms with Crippen molar-refractivity contribution in [2.24, 2.45) is 0 Å². The van der Waals surface area contributed by atoms with Crippen LogP contribution in [0.3, 0.4) is 0 Å². The van der Waals surface area contributed by atoms with Crippen LogP contribution < -0.4 is 5.32 Å². The van der Waals surface area contributed by atoms with E-state index in [-0.39, 0.29) is 11.7 Å². The van der Waals surface area contributed by atoms with Gasteiger partial charge in [0.25, 0.3) is 5.91 Å². The SMILES string of the molecule is CCNC(=O)c1cc(O)c2cc(Cl)ccc2c1. The Balaban J connectivity index is 2.56. The quantitative estimate of drug-likeness (QED) is 0.860. The summed E-state index contributed by atoms with van der Waals surface area (Å²) in [4.78, 5) is 11.7. The number of phenols is 1. The van der Waals surface area contributed by atoms with Gasteiger partial charge < -0.3 is 10.4 Å². The van der Waals surface area contributed by atoms with Gasteiger partial charge in [-0.3, -0.25) is 4.79 Å². The second-order valence-electron chi connectivity index (χ2n) is 3.72. The maximum atomic E-state index is 11.7. The first-order valence-electron chi connectivity index (χ1n) is 5.32. The summed E-state index contributed by atoms with van der Waals surface area (Å²) in [5.41, 5.74) is 0.444. The number of benzene rings is 2. The maximum Gasteiger partial charge on any atom is 0.251 e. The van der Waals surface area contributed by atoms with Crippen molar-refractivity contribution >= 4 is 28.3 Å². The summed E-state index contributed by atoms with van der Waals surface area (Å²) in [6.07, 6.45) is 0. The van der Waals surface area contributed by atoms with Crippen LogP contribution in [0.2, 0.25) is 5.02 Å². The van der Waals surface area contributed by atoms with Gasteiger partial charge in [0, 0.05) is 22.5 Å². The van der Waals surface area contributed by atoms with Gasteiger partial charge in [0.05, 0.1) is 0 Å². The normalized spacial score (nSPS) is 10.5. The van der Waals surface area contributed by atoms with Gasteiger partial charge in [0.1, 0.15) is 5.75 Å². The smallest absolute Gasteiger partial charge is 0.251 e. The summed E-state index contributed by atoms with van der Waals surface area (Å²) in [6, 6.07) is 8.36. The molecule has 0 fully saturated rings. The van der Waals surface area contributed by atoms with Crippen LogP contribution in [0.15, 0.2) is 30.3 Å². The van der Waals surface area contributed by atoms with E-state index in [0.29, 0.717) is 22.5 Å². The highest BCUT2D eigenvalue weighted by molar-refractivity contribution is 6.31. The number of carbonyl (C=O) groups is 1. The first-order chi connectivity index (χ1) is 8.11. The fourth-order valence-corrected chi connectivity index (χ4v) is 1.88. The van der Waals surface area contributed by atoms with Crippen LogP contribution in [0.1, 0.15) is 17.3 Å². The number of hydrogen-bond acceptors (Lipinski definition) is 2. The van der Waals surface area contributed by atoms with Crippen molar-refractivity contribution in [2.75, 3.05) is 6.54 Å². The monoisotopic (exact) mass is 249 g/mol. The molecule has 1 amide bonds. The molecule has 2 aromatic rings. The highest BCUT2D eigenvalue weighted by atomic mass is 35.5. The largest absolute Gasteiger partial charge is 0.507 e. The molecule has 0 heterocycles. The summed E-state index contributed by atoms with van der Waals surface area (Å²) < 4.78 is 0. The van der Waals surface area contributed by atoms with E-state index in [1.165, 1.54) is 6.07 Å². The minimum atomic E-state index is -0.195. The fourth-order valence-electron chi connectivity index (χ4n) is 1.70. The topological polar surface area (TPSA) is 49.3 Å². The van der Waals surface area contributed by atoms with Crippen LogP contribution in [-0.4, -0.2) is 17.6 Å². The Bertz CT molecular complexity index is 581. The van der Waals surface area contributed by atoms with Gasteiger partial charge in [-0.2, -0.15) is 0 Å². The molecule has 2 rings (SSSR count). The number of halogens is 1. The van der Waals surface area contributed by atoms with E-state index in [9.17, 15) is 9.90 Å². The fraction of sp³-hybridized carbons (Fsp3) is 0.154. The lowest BCUT2D eigenvalue weighted by Gasteiger charge is -2.06. The number of carbonyl (C=O) groups excluding carboxylic acids is 1. The Labute approximate surface area is 104 Å². The molecule has 0 aliphatic heterocycles. The minimum Gasteiger partial charge on any atom is -0.507 e. The van der Waals surface area contributed by atoms with Gasteiger partial charge in [-0.1, -0.05) is 17.7 Å². The average Bonchev–Trinajstić information content (AvgIpc) is 2.30. The van der Waals surface area contributed by atoms with Crippen molar-refractivity contribution in [1.29, 1.82) is 0 Å². The predicted molar refractivity (Wildman–Crippen MR) is 68.6 cm³/mol. The van der Waals surface area contributed by atoms with Crippen molar-refractivity contribution in [1.82, 2.24) is 5.32 Å². The lowest BCUT2D eigenvalue weighted by molar-refractivity contribution is 0.0955. The van der Waals surface area contributed by atoms with E-state index in [4.69, 9.17) is 11.6 Å². The molecule has 88 valence electrons. The first-order valence-corrected chi connectivity index (χ1v) is 5.70. The Morgan fingerprint density at radius 1 is 1.35 bits per heavy atom. The van der Waals surface area contributed by atoms with Crippen molar-refractivity contribution in [3.63, 3.8) is 0 Å². The van der Waals surface area contributed by atoms with Gasteiger partial charge in [-0.05, 0) is 36.6 Å².